The summed E-state index contributed by atoms with van der Waals surface area (Å²) in [6.45, 7) is 0. The van der Waals surface area contributed by atoms with Gasteiger partial charge in [0.15, 0.2) is 0 Å². The summed E-state index contributed by atoms with van der Waals surface area (Å²) in [6, 6.07) is 23.2. The molecule has 0 saturated heterocycles. The van der Waals surface area contributed by atoms with E-state index < -0.39 is 18.0 Å². The second-order valence-electron chi connectivity index (χ2n) is 6.92. The first-order valence-corrected chi connectivity index (χ1v) is 9.61. The van der Waals surface area contributed by atoms with Crippen LogP contribution in [0.5, 0.6) is 0 Å². The van der Waals surface area contributed by atoms with Gasteiger partial charge < -0.3 is 11.1 Å². The Kier molecular flexibility index (Phi) is 5.52. The van der Waals surface area contributed by atoms with Crippen LogP contribution in [-0.4, -0.2) is 28.6 Å². The normalized spacial score (nSPS) is 16.6. The van der Waals surface area contributed by atoms with Gasteiger partial charge in [-0.15, -0.1) is 0 Å². The number of nitrogens with two attached hydrogens (primary N) is 1. The van der Waals surface area contributed by atoms with Gasteiger partial charge in [0.05, 0.1) is 17.4 Å². The molecule has 7 heteroatoms. The first kappa shape index (κ1) is 19.3. The molecule has 2 atom stereocenters. The minimum atomic E-state index is -0.710. The number of nitrogens with one attached hydrogen (secondary N) is 1. The molecule has 0 bridgehead atoms. The number of nitrogens with zero attached hydrogens (tertiary/aromatic N) is 3. The van der Waals surface area contributed by atoms with Crippen molar-refractivity contribution in [2.24, 2.45) is 10.8 Å². The molecule has 2 amide bonds. The second kappa shape index (κ2) is 8.57. The third-order valence-corrected chi connectivity index (χ3v) is 4.91. The van der Waals surface area contributed by atoms with Crippen LogP contribution in [0.15, 0.2) is 90.2 Å². The number of anilines is 1. The van der Waals surface area contributed by atoms with E-state index in [4.69, 9.17) is 5.73 Å². The van der Waals surface area contributed by atoms with Crippen LogP contribution in [0.25, 0.3) is 0 Å². The minimum Gasteiger partial charge on any atom is -0.368 e. The van der Waals surface area contributed by atoms with Crippen molar-refractivity contribution >= 4 is 23.2 Å². The van der Waals surface area contributed by atoms with Crippen molar-refractivity contribution in [3.05, 3.63) is 96.3 Å². The Hall–Kier alpha value is -4.00. The van der Waals surface area contributed by atoms with E-state index >= 15 is 0 Å². The van der Waals surface area contributed by atoms with Crippen LogP contribution >= 0.6 is 0 Å². The highest BCUT2D eigenvalue weighted by molar-refractivity contribution is 6.40. The van der Waals surface area contributed by atoms with Crippen molar-refractivity contribution < 1.29 is 9.59 Å². The van der Waals surface area contributed by atoms with Gasteiger partial charge >= 0.3 is 0 Å². The number of aromatic nitrogens is 1. The highest BCUT2D eigenvalue weighted by atomic mass is 16.2. The molecule has 0 aliphatic carbocycles. The van der Waals surface area contributed by atoms with E-state index in [2.05, 4.69) is 15.4 Å². The molecule has 1 aliphatic heterocycles. The van der Waals surface area contributed by atoms with Gasteiger partial charge in [0.25, 0.3) is 5.91 Å². The number of benzene rings is 2. The average molecular weight is 399 g/mol. The summed E-state index contributed by atoms with van der Waals surface area (Å²) in [6.07, 6.45) is 1.82. The van der Waals surface area contributed by atoms with Crippen molar-refractivity contribution in [3.63, 3.8) is 0 Å². The van der Waals surface area contributed by atoms with E-state index in [-0.39, 0.29) is 18.0 Å². The first-order chi connectivity index (χ1) is 14.6. The van der Waals surface area contributed by atoms with Crippen molar-refractivity contribution in [2.45, 2.75) is 18.5 Å². The molecule has 1 aliphatic rings. The molecule has 150 valence electrons. The van der Waals surface area contributed by atoms with Crippen molar-refractivity contribution in [2.75, 3.05) is 5.01 Å². The Bertz CT molecular complexity index is 1020. The Morgan fingerprint density at radius 3 is 2.27 bits per heavy atom. The monoisotopic (exact) mass is 399 g/mol. The highest BCUT2D eigenvalue weighted by Crippen LogP contribution is 2.25. The Morgan fingerprint density at radius 2 is 1.63 bits per heavy atom. The zero-order valence-electron chi connectivity index (χ0n) is 16.2. The Balaban J connectivity index is 1.62. The van der Waals surface area contributed by atoms with Gasteiger partial charge in [-0.25, -0.2) is 0 Å². The number of hydrogen-bond acceptors (Lipinski definition) is 5. The summed E-state index contributed by atoms with van der Waals surface area (Å²) < 4.78 is 0. The maximum atomic E-state index is 13.1. The number of pyridine rings is 1. The van der Waals surface area contributed by atoms with Crippen molar-refractivity contribution in [3.8, 4) is 0 Å². The van der Waals surface area contributed by atoms with Crippen LogP contribution in [0.2, 0.25) is 0 Å². The summed E-state index contributed by atoms with van der Waals surface area (Å²) in [5.41, 5.74) is 8.14. The molecule has 0 fully saturated rings. The maximum Gasteiger partial charge on any atom is 0.268 e. The smallest absolute Gasteiger partial charge is 0.268 e. The fourth-order valence-electron chi connectivity index (χ4n) is 3.42. The molecular weight excluding hydrogens is 378 g/mol. The topological polar surface area (TPSA) is 101 Å². The summed E-state index contributed by atoms with van der Waals surface area (Å²) in [4.78, 5) is 29.5. The van der Waals surface area contributed by atoms with E-state index in [1.807, 2.05) is 78.9 Å². The lowest BCUT2D eigenvalue weighted by molar-refractivity contribution is -0.119. The summed E-state index contributed by atoms with van der Waals surface area (Å²) in [5.74, 6) is -0.895. The first-order valence-electron chi connectivity index (χ1n) is 9.61. The Morgan fingerprint density at radius 1 is 0.967 bits per heavy atom. The molecule has 3 N–H and O–H groups in total. The minimum absolute atomic E-state index is 0.139. The lowest BCUT2D eigenvalue weighted by Gasteiger charge is -2.20. The van der Waals surface area contributed by atoms with Crippen molar-refractivity contribution in [1.82, 2.24) is 10.3 Å². The van der Waals surface area contributed by atoms with E-state index in [1.54, 1.807) is 6.20 Å². The van der Waals surface area contributed by atoms with E-state index in [0.717, 1.165) is 5.56 Å². The van der Waals surface area contributed by atoms with Crippen LogP contribution < -0.4 is 16.1 Å². The molecule has 7 nitrogen and oxygen atoms in total. The predicted molar refractivity (Wildman–Crippen MR) is 115 cm³/mol. The van der Waals surface area contributed by atoms with Crippen LogP contribution in [0.4, 0.5) is 5.69 Å². The molecule has 0 unspecified atom stereocenters. The molecule has 3 aromatic rings. The predicted octanol–water partition coefficient (Wildman–Crippen LogP) is 2.41. The summed E-state index contributed by atoms with van der Waals surface area (Å²) in [5, 5.41) is 8.94. The number of rotatable bonds is 6. The fourth-order valence-corrected chi connectivity index (χ4v) is 3.42. The maximum absolute atomic E-state index is 13.1. The van der Waals surface area contributed by atoms with Crippen molar-refractivity contribution in [1.29, 1.82) is 0 Å². The quantitative estimate of drug-likeness (QED) is 0.665. The van der Waals surface area contributed by atoms with Crippen LogP contribution in [0, 0.1) is 0 Å². The number of carbonyl (C=O) groups excluding carboxylic acids is 2. The average Bonchev–Trinajstić information content (AvgIpc) is 3.25. The van der Waals surface area contributed by atoms with E-state index in [9.17, 15) is 9.59 Å². The Labute approximate surface area is 174 Å². The molecule has 0 radical (unpaired) electrons. The van der Waals surface area contributed by atoms with Gasteiger partial charge in [-0.2, -0.15) is 5.10 Å². The molecule has 30 heavy (non-hydrogen) atoms. The van der Waals surface area contributed by atoms with Gasteiger partial charge in [-0.1, -0.05) is 54.6 Å². The van der Waals surface area contributed by atoms with E-state index in [1.165, 1.54) is 5.01 Å². The largest absolute Gasteiger partial charge is 0.368 e. The van der Waals surface area contributed by atoms with E-state index in [0.29, 0.717) is 11.4 Å². The zero-order valence-corrected chi connectivity index (χ0v) is 16.2. The van der Waals surface area contributed by atoms with Crippen LogP contribution in [0.1, 0.15) is 23.7 Å². The number of para-hydroxylation sites is 1. The molecule has 2 aromatic carbocycles. The fraction of sp³-hybridized carbons (Fsp3) is 0.130. The number of amides is 2. The van der Waals surface area contributed by atoms with Gasteiger partial charge in [0.1, 0.15) is 11.8 Å². The van der Waals surface area contributed by atoms with Gasteiger partial charge in [0.2, 0.25) is 5.91 Å². The molecule has 0 saturated carbocycles. The number of carbonyl (C=O) groups is 2. The molecule has 4 rings (SSSR count). The summed E-state index contributed by atoms with van der Waals surface area (Å²) in [7, 11) is 0. The molecule has 0 spiro atoms. The SMILES string of the molecule is NC(=O)[C@H]1CC(C(=O)N[C@@H](c2ccccc2)c2ccccn2)=NN1c1ccccc1. The molecule has 2 heterocycles. The summed E-state index contributed by atoms with van der Waals surface area (Å²) >= 11 is 0. The lowest BCUT2D eigenvalue weighted by Crippen LogP contribution is -2.40. The van der Waals surface area contributed by atoms with Crippen LogP contribution in [-0.2, 0) is 9.59 Å². The van der Waals surface area contributed by atoms with Gasteiger partial charge in [-0.05, 0) is 29.8 Å². The van der Waals surface area contributed by atoms with Gasteiger partial charge in [-0.3, -0.25) is 19.6 Å². The standard InChI is InChI=1S/C23H21N5O2/c24-22(29)20-15-19(27-28(20)17-11-5-2-6-12-17)23(30)26-21(16-9-3-1-4-10-16)18-13-7-8-14-25-18/h1-14,20-21H,15H2,(H2,24,29)(H,26,30)/t20-,21+/m1/s1. The van der Waals surface area contributed by atoms with Crippen LogP contribution in [0.3, 0.4) is 0 Å². The highest BCUT2D eigenvalue weighted by Gasteiger charge is 2.35. The zero-order chi connectivity index (χ0) is 20.9. The molecule has 1 aromatic heterocycles. The van der Waals surface area contributed by atoms with Gasteiger partial charge in [0, 0.05) is 12.6 Å². The third kappa shape index (κ3) is 4.05. The molecular formula is C23H21N5O2. The number of hydrazone groups is 1. The number of primary amides is 1. The third-order valence-electron chi connectivity index (χ3n) is 4.91. The number of hydrogen-bond donors (Lipinski definition) is 2. The second-order valence-corrected chi connectivity index (χ2v) is 6.92. The lowest BCUT2D eigenvalue weighted by atomic mass is 10.0.